The molecule has 1 unspecified atom stereocenters. The average Bonchev–Trinajstić information content (AvgIpc) is 3.48. The minimum Gasteiger partial charge on any atom is -0.342 e. The lowest BCUT2D eigenvalue weighted by Crippen LogP contribution is -2.41. The van der Waals surface area contributed by atoms with Crippen LogP contribution in [0.3, 0.4) is 0 Å². The first-order valence-electron chi connectivity index (χ1n) is 10.3. The van der Waals surface area contributed by atoms with E-state index in [0.29, 0.717) is 18.3 Å². The van der Waals surface area contributed by atoms with E-state index in [-0.39, 0.29) is 5.91 Å². The Kier molecular flexibility index (Phi) is 4.59. The molecule has 5 rings (SSSR count). The third-order valence-corrected chi connectivity index (χ3v) is 5.98. The fourth-order valence-corrected chi connectivity index (χ4v) is 4.28. The van der Waals surface area contributed by atoms with E-state index < -0.39 is 0 Å². The molecule has 0 bridgehead atoms. The second kappa shape index (κ2) is 7.38. The Morgan fingerprint density at radius 3 is 2.86 bits per heavy atom. The number of rotatable bonds is 5. The van der Waals surface area contributed by atoms with E-state index in [4.69, 9.17) is 4.52 Å². The highest BCUT2D eigenvalue weighted by atomic mass is 16.5. The van der Waals surface area contributed by atoms with Crippen LogP contribution in [0.2, 0.25) is 0 Å². The predicted octanol–water partition coefficient (Wildman–Crippen LogP) is 4.12. The van der Waals surface area contributed by atoms with Gasteiger partial charge in [-0.1, -0.05) is 47.6 Å². The van der Waals surface area contributed by atoms with E-state index in [9.17, 15) is 4.79 Å². The van der Waals surface area contributed by atoms with Crippen LogP contribution in [0.25, 0.3) is 10.8 Å². The maximum atomic E-state index is 13.0. The molecule has 1 aromatic heterocycles. The Bertz CT molecular complexity index is 987. The van der Waals surface area contributed by atoms with E-state index in [2.05, 4.69) is 34.4 Å². The Morgan fingerprint density at radius 1 is 1.11 bits per heavy atom. The first-order chi connectivity index (χ1) is 13.8. The van der Waals surface area contributed by atoms with Crippen molar-refractivity contribution in [1.29, 1.82) is 0 Å². The molecule has 1 amide bonds. The van der Waals surface area contributed by atoms with Crippen molar-refractivity contribution in [2.45, 2.75) is 44.4 Å². The van der Waals surface area contributed by atoms with E-state index in [1.807, 2.05) is 23.1 Å². The summed E-state index contributed by atoms with van der Waals surface area (Å²) in [6, 6.07) is 14.5. The number of amides is 1. The van der Waals surface area contributed by atoms with E-state index >= 15 is 0 Å². The maximum absolute atomic E-state index is 13.0. The maximum Gasteiger partial charge on any atom is 0.227 e. The number of carbonyl (C=O) groups is 1. The first-order valence-corrected chi connectivity index (χ1v) is 10.3. The van der Waals surface area contributed by atoms with Gasteiger partial charge in [0.25, 0.3) is 0 Å². The van der Waals surface area contributed by atoms with Gasteiger partial charge in [0.15, 0.2) is 5.82 Å². The van der Waals surface area contributed by atoms with Crippen LogP contribution in [-0.2, 0) is 17.6 Å². The Hall–Kier alpha value is -2.69. The molecule has 0 spiro atoms. The van der Waals surface area contributed by atoms with Crippen LogP contribution >= 0.6 is 0 Å². The smallest absolute Gasteiger partial charge is 0.227 e. The molecule has 2 aliphatic rings. The summed E-state index contributed by atoms with van der Waals surface area (Å²) in [7, 11) is 0. The normalized spacial score (nSPS) is 19.9. The van der Waals surface area contributed by atoms with Gasteiger partial charge in [-0.15, -0.1) is 0 Å². The zero-order chi connectivity index (χ0) is 18.9. The van der Waals surface area contributed by atoms with Crippen molar-refractivity contribution in [3.05, 3.63) is 59.7 Å². The summed E-state index contributed by atoms with van der Waals surface area (Å²) >= 11 is 0. The number of nitrogens with zero attached hydrogens (tertiary/aromatic N) is 3. The molecule has 0 radical (unpaired) electrons. The van der Waals surface area contributed by atoms with E-state index in [1.54, 1.807) is 0 Å². The zero-order valence-electron chi connectivity index (χ0n) is 16.0. The Balaban J connectivity index is 1.24. The quantitative estimate of drug-likeness (QED) is 0.673. The molecule has 1 saturated heterocycles. The number of carbonyl (C=O) groups excluding carboxylic acids is 1. The van der Waals surface area contributed by atoms with Crippen LogP contribution in [0.1, 0.15) is 48.9 Å². The minimum atomic E-state index is 0.213. The van der Waals surface area contributed by atoms with Crippen molar-refractivity contribution in [1.82, 2.24) is 15.0 Å². The molecule has 2 heterocycles. The fraction of sp³-hybridized carbons (Fsp3) is 0.435. The third kappa shape index (κ3) is 3.66. The predicted molar refractivity (Wildman–Crippen MR) is 107 cm³/mol. The van der Waals surface area contributed by atoms with Crippen molar-refractivity contribution in [3.8, 4) is 0 Å². The van der Waals surface area contributed by atoms with Gasteiger partial charge < -0.3 is 9.42 Å². The van der Waals surface area contributed by atoms with E-state index in [1.165, 1.54) is 23.6 Å². The van der Waals surface area contributed by atoms with Crippen LogP contribution in [0.5, 0.6) is 0 Å². The van der Waals surface area contributed by atoms with Crippen LogP contribution < -0.4 is 0 Å². The minimum absolute atomic E-state index is 0.213. The summed E-state index contributed by atoms with van der Waals surface area (Å²) in [6.45, 7) is 1.63. The molecule has 0 N–H and O–H groups in total. The van der Waals surface area contributed by atoms with Gasteiger partial charge in [0, 0.05) is 25.4 Å². The van der Waals surface area contributed by atoms with Crippen molar-refractivity contribution in [2.24, 2.45) is 5.92 Å². The number of hydrogen-bond acceptors (Lipinski definition) is 4. The lowest BCUT2D eigenvalue weighted by Gasteiger charge is -2.32. The summed E-state index contributed by atoms with van der Waals surface area (Å²) < 4.78 is 5.44. The third-order valence-electron chi connectivity index (χ3n) is 5.98. The van der Waals surface area contributed by atoms with Gasteiger partial charge in [-0.05, 0) is 47.9 Å². The average molecular weight is 375 g/mol. The number of piperidine rings is 1. The lowest BCUT2D eigenvalue weighted by atomic mass is 9.94. The number of benzene rings is 2. The SMILES string of the molecule is O=C(Cc1cccc2ccccc12)N1CCCC(Cc2nc(C3CC3)no2)C1. The van der Waals surface area contributed by atoms with Gasteiger partial charge in [0.05, 0.1) is 6.42 Å². The molecule has 1 saturated carbocycles. The molecule has 2 aromatic carbocycles. The van der Waals surface area contributed by atoms with Gasteiger partial charge in [-0.25, -0.2) is 0 Å². The fourth-order valence-electron chi connectivity index (χ4n) is 4.28. The largest absolute Gasteiger partial charge is 0.342 e. The van der Waals surface area contributed by atoms with Gasteiger partial charge in [0.1, 0.15) is 0 Å². The second-order valence-corrected chi connectivity index (χ2v) is 8.19. The zero-order valence-corrected chi connectivity index (χ0v) is 16.0. The molecule has 1 aliphatic carbocycles. The summed E-state index contributed by atoms with van der Waals surface area (Å²) in [5, 5.41) is 6.47. The Morgan fingerprint density at radius 2 is 1.96 bits per heavy atom. The number of aromatic nitrogens is 2. The van der Waals surface area contributed by atoms with Crippen LogP contribution in [0.15, 0.2) is 47.0 Å². The molecule has 5 nitrogen and oxygen atoms in total. The number of fused-ring (bicyclic) bond motifs is 1. The molecular formula is C23H25N3O2. The molecule has 144 valence electrons. The number of likely N-dealkylation sites (tertiary alicyclic amines) is 1. The highest BCUT2D eigenvalue weighted by molar-refractivity contribution is 5.90. The topological polar surface area (TPSA) is 59.2 Å². The molecule has 1 aliphatic heterocycles. The molecule has 1 atom stereocenters. The van der Waals surface area contributed by atoms with Crippen LogP contribution in [-0.4, -0.2) is 34.0 Å². The van der Waals surface area contributed by atoms with Crippen LogP contribution in [0.4, 0.5) is 0 Å². The summed E-state index contributed by atoms with van der Waals surface area (Å²) in [6.07, 6.45) is 5.74. The van der Waals surface area contributed by atoms with Gasteiger partial charge in [-0.2, -0.15) is 4.98 Å². The summed E-state index contributed by atoms with van der Waals surface area (Å²) in [4.78, 5) is 19.6. The molecule has 3 aromatic rings. The lowest BCUT2D eigenvalue weighted by molar-refractivity contribution is -0.132. The summed E-state index contributed by atoms with van der Waals surface area (Å²) in [5.41, 5.74) is 1.11. The van der Waals surface area contributed by atoms with Crippen LogP contribution in [0, 0.1) is 5.92 Å². The van der Waals surface area contributed by atoms with Gasteiger partial charge in [-0.3, -0.25) is 4.79 Å². The van der Waals surface area contributed by atoms with E-state index in [0.717, 1.165) is 49.6 Å². The highest BCUT2D eigenvalue weighted by Gasteiger charge is 2.30. The first kappa shape index (κ1) is 17.4. The molecular weight excluding hydrogens is 350 g/mol. The molecule has 2 fully saturated rings. The van der Waals surface area contributed by atoms with Crippen molar-refractivity contribution < 1.29 is 9.32 Å². The second-order valence-electron chi connectivity index (χ2n) is 8.19. The van der Waals surface area contributed by atoms with Gasteiger partial charge >= 0.3 is 0 Å². The standard InChI is InChI=1S/C23H25N3O2/c27-22(14-19-8-3-7-17-6-1-2-9-20(17)19)26-12-4-5-16(15-26)13-21-24-23(25-28-21)18-10-11-18/h1-3,6-9,16,18H,4-5,10-15H2. The Labute approximate surface area is 164 Å². The highest BCUT2D eigenvalue weighted by Crippen LogP contribution is 2.38. The van der Waals surface area contributed by atoms with Crippen molar-refractivity contribution in [3.63, 3.8) is 0 Å². The van der Waals surface area contributed by atoms with Gasteiger partial charge in [0.2, 0.25) is 11.8 Å². The van der Waals surface area contributed by atoms with Crippen molar-refractivity contribution in [2.75, 3.05) is 13.1 Å². The molecule has 5 heteroatoms. The molecule has 28 heavy (non-hydrogen) atoms. The monoisotopic (exact) mass is 375 g/mol. The van der Waals surface area contributed by atoms with Crippen molar-refractivity contribution >= 4 is 16.7 Å². The number of hydrogen-bond donors (Lipinski definition) is 0. The summed E-state index contributed by atoms with van der Waals surface area (Å²) in [5.74, 6) is 2.73.